The molecule has 0 N–H and O–H groups in total. The normalized spacial score (nSPS) is 14.1. The molecule has 1 amide bonds. The quantitative estimate of drug-likeness (QED) is 0.484. The average molecular weight is 415 g/mol. The molecule has 0 spiro atoms. The predicted octanol–water partition coefficient (Wildman–Crippen LogP) is 2.42. The molecule has 0 aliphatic carbocycles. The largest absolute Gasteiger partial charge is 0.378 e. The first-order valence-electron chi connectivity index (χ1n) is 9.71. The van der Waals surface area contributed by atoms with Crippen LogP contribution in [0.25, 0.3) is 0 Å². The SMILES string of the molecule is CC(C)Cn1c(SCC(=O)N(CC#N)c2ccccc2)nnc1N1CCOCC1. The van der Waals surface area contributed by atoms with Crippen LogP contribution < -0.4 is 9.80 Å². The highest BCUT2D eigenvalue weighted by Crippen LogP contribution is 2.25. The zero-order valence-corrected chi connectivity index (χ0v) is 17.6. The summed E-state index contributed by atoms with van der Waals surface area (Å²) < 4.78 is 7.53. The number of benzene rings is 1. The smallest absolute Gasteiger partial charge is 0.238 e. The van der Waals surface area contributed by atoms with Gasteiger partial charge in [0.05, 0.1) is 25.0 Å². The number of carbonyl (C=O) groups is 1. The lowest BCUT2D eigenvalue weighted by atomic mass is 10.2. The molecule has 154 valence electrons. The molecule has 9 heteroatoms. The van der Waals surface area contributed by atoms with Crippen molar-refractivity contribution in [2.75, 3.05) is 48.4 Å². The molecule has 2 aromatic rings. The molecular weight excluding hydrogens is 388 g/mol. The number of morpholine rings is 1. The molecule has 1 saturated heterocycles. The molecule has 8 nitrogen and oxygen atoms in total. The number of carbonyl (C=O) groups excluding carboxylic acids is 1. The summed E-state index contributed by atoms with van der Waals surface area (Å²) in [5.74, 6) is 1.31. The van der Waals surface area contributed by atoms with E-state index in [9.17, 15) is 4.79 Å². The lowest BCUT2D eigenvalue weighted by molar-refractivity contribution is -0.116. The first-order valence-corrected chi connectivity index (χ1v) is 10.7. The maximum absolute atomic E-state index is 12.8. The second-order valence-corrected chi connectivity index (χ2v) is 8.09. The van der Waals surface area contributed by atoms with Crippen LogP contribution in [0.4, 0.5) is 11.6 Å². The summed E-state index contributed by atoms with van der Waals surface area (Å²) in [6.07, 6.45) is 0. The van der Waals surface area contributed by atoms with Gasteiger partial charge in [-0.05, 0) is 18.1 Å². The Morgan fingerprint density at radius 2 is 2.00 bits per heavy atom. The van der Waals surface area contributed by atoms with Gasteiger partial charge in [-0.25, -0.2) is 0 Å². The topological polar surface area (TPSA) is 87.3 Å². The number of ether oxygens (including phenoxy) is 1. The van der Waals surface area contributed by atoms with Gasteiger partial charge in [-0.3, -0.25) is 14.3 Å². The van der Waals surface area contributed by atoms with Crippen molar-refractivity contribution < 1.29 is 9.53 Å². The van der Waals surface area contributed by atoms with Gasteiger partial charge in [0.2, 0.25) is 11.9 Å². The van der Waals surface area contributed by atoms with Crippen molar-refractivity contribution in [2.45, 2.75) is 25.5 Å². The highest BCUT2D eigenvalue weighted by molar-refractivity contribution is 7.99. The van der Waals surface area contributed by atoms with Crippen LogP contribution in [0.1, 0.15) is 13.8 Å². The minimum absolute atomic E-state index is 0.0150. The molecule has 1 aliphatic heterocycles. The van der Waals surface area contributed by atoms with Crippen LogP contribution in [0.15, 0.2) is 35.5 Å². The molecule has 1 fully saturated rings. The molecule has 0 bridgehead atoms. The van der Waals surface area contributed by atoms with Crippen LogP contribution in [0.2, 0.25) is 0 Å². The summed E-state index contributed by atoms with van der Waals surface area (Å²) in [7, 11) is 0. The third-order valence-corrected chi connectivity index (χ3v) is 5.41. The second kappa shape index (κ2) is 10.3. The minimum Gasteiger partial charge on any atom is -0.378 e. The molecule has 0 radical (unpaired) electrons. The van der Waals surface area contributed by atoms with E-state index in [2.05, 4.69) is 39.6 Å². The number of amides is 1. The monoisotopic (exact) mass is 414 g/mol. The number of hydrogen-bond acceptors (Lipinski definition) is 7. The molecule has 29 heavy (non-hydrogen) atoms. The number of rotatable bonds is 8. The van der Waals surface area contributed by atoms with Crippen molar-refractivity contribution in [1.29, 1.82) is 5.26 Å². The van der Waals surface area contributed by atoms with Crippen molar-refractivity contribution in [3.05, 3.63) is 30.3 Å². The zero-order valence-electron chi connectivity index (χ0n) is 16.8. The fourth-order valence-electron chi connectivity index (χ4n) is 3.12. The van der Waals surface area contributed by atoms with E-state index in [0.717, 1.165) is 36.4 Å². The Balaban J connectivity index is 1.74. The lowest BCUT2D eigenvalue weighted by Crippen LogP contribution is -2.38. The number of nitrogens with zero attached hydrogens (tertiary/aromatic N) is 6. The zero-order chi connectivity index (χ0) is 20.6. The van der Waals surface area contributed by atoms with E-state index in [1.165, 1.54) is 16.7 Å². The Bertz CT molecular complexity index is 842. The van der Waals surface area contributed by atoms with Gasteiger partial charge in [-0.15, -0.1) is 10.2 Å². The van der Waals surface area contributed by atoms with Crippen LogP contribution in [0.3, 0.4) is 0 Å². The second-order valence-electron chi connectivity index (χ2n) is 7.15. The summed E-state index contributed by atoms with van der Waals surface area (Å²) >= 11 is 1.36. The van der Waals surface area contributed by atoms with Gasteiger partial charge in [-0.2, -0.15) is 5.26 Å². The summed E-state index contributed by atoms with van der Waals surface area (Å²) in [6.45, 7) is 8.00. The van der Waals surface area contributed by atoms with Gasteiger partial charge in [0.15, 0.2) is 5.16 Å². The fraction of sp³-hybridized carbons (Fsp3) is 0.500. The Morgan fingerprint density at radius 3 is 2.66 bits per heavy atom. The molecular formula is C20H26N6O2S. The third kappa shape index (κ3) is 5.49. The minimum atomic E-state index is -0.130. The molecule has 2 heterocycles. The van der Waals surface area contributed by atoms with Crippen molar-refractivity contribution in [3.63, 3.8) is 0 Å². The Hall–Kier alpha value is -2.57. The van der Waals surface area contributed by atoms with Crippen molar-refractivity contribution in [3.8, 4) is 6.07 Å². The van der Waals surface area contributed by atoms with E-state index in [1.54, 1.807) is 0 Å². The van der Waals surface area contributed by atoms with Crippen LogP contribution in [-0.4, -0.2) is 59.3 Å². The summed E-state index contributed by atoms with van der Waals surface area (Å²) in [6, 6.07) is 11.3. The molecule has 0 unspecified atom stereocenters. The predicted molar refractivity (Wildman–Crippen MR) is 113 cm³/mol. The summed E-state index contributed by atoms with van der Waals surface area (Å²) in [4.78, 5) is 16.5. The van der Waals surface area contributed by atoms with Gasteiger partial charge < -0.3 is 9.64 Å². The van der Waals surface area contributed by atoms with Crippen LogP contribution >= 0.6 is 11.8 Å². The number of nitriles is 1. The van der Waals surface area contributed by atoms with Crippen LogP contribution in [0.5, 0.6) is 0 Å². The summed E-state index contributed by atoms with van der Waals surface area (Å²) in [5.41, 5.74) is 0.720. The maximum Gasteiger partial charge on any atom is 0.238 e. The third-order valence-electron chi connectivity index (χ3n) is 4.46. The molecule has 0 atom stereocenters. The first kappa shape index (κ1) is 21.1. The van der Waals surface area contributed by atoms with E-state index in [1.807, 2.05) is 30.3 Å². The number of thioether (sulfide) groups is 1. The van der Waals surface area contributed by atoms with Gasteiger partial charge in [0, 0.05) is 25.3 Å². The Labute approximate surface area is 175 Å². The number of anilines is 2. The maximum atomic E-state index is 12.8. The summed E-state index contributed by atoms with van der Waals surface area (Å²) in [5, 5.41) is 18.6. The number of aromatic nitrogens is 3. The van der Waals surface area contributed by atoms with Gasteiger partial charge >= 0.3 is 0 Å². The highest BCUT2D eigenvalue weighted by atomic mass is 32.2. The highest BCUT2D eigenvalue weighted by Gasteiger charge is 2.23. The molecule has 1 aromatic carbocycles. The van der Waals surface area contributed by atoms with E-state index >= 15 is 0 Å². The van der Waals surface area contributed by atoms with Gasteiger partial charge in [0.25, 0.3) is 0 Å². The van der Waals surface area contributed by atoms with E-state index in [-0.39, 0.29) is 18.2 Å². The van der Waals surface area contributed by atoms with Crippen LogP contribution in [0, 0.1) is 17.2 Å². The Morgan fingerprint density at radius 1 is 1.28 bits per heavy atom. The fourth-order valence-corrected chi connectivity index (χ4v) is 3.94. The van der Waals surface area contributed by atoms with Crippen molar-refractivity contribution in [2.24, 2.45) is 5.92 Å². The Kier molecular flexibility index (Phi) is 7.49. The standard InChI is InChI=1S/C20H26N6O2S/c1-16(2)14-26-19(24-10-12-28-13-11-24)22-23-20(26)29-15-18(27)25(9-8-21)17-6-4-3-5-7-17/h3-7,16H,9-15H2,1-2H3. The lowest BCUT2D eigenvalue weighted by Gasteiger charge is -2.28. The van der Waals surface area contributed by atoms with E-state index < -0.39 is 0 Å². The molecule has 3 rings (SSSR count). The van der Waals surface area contributed by atoms with Gasteiger partial charge in [-0.1, -0.05) is 43.8 Å². The molecule has 0 saturated carbocycles. The average Bonchev–Trinajstić information content (AvgIpc) is 3.13. The van der Waals surface area contributed by atoms with Crippen molar-refractivity contribution >= 4 is 29.3 Å². The molecule has 1 aromatic heterocycles. The van der Waals surface area contributed by atoms with Gasteiger partial charge in [0.1, 0.15) is 6.54 Å². The van der Waals surface area contributed by atoms with E-state index in [4.69, 9.17) is 10.00 Å². The number of hydrogen-bond donors (Lipinski definition) is 0. The van der Waals surface area contributed by atoms with E-state index in [0.29, 0.717) is 19.1 Å². The first-order chi connectivity index (χ1) is 14.1. The molecule has 1 aliphatic rings. The van der Waals surface area contributed by atoms with Crippen molar-refractivity contribution in [1.82, 2.24) is 14.8 Å². The van der Waals surface area contributed by atoms with Crippen LogP contribution in [-0.2, 0) is 16.1 Å². The number of para-hydroxylation sites is 1.